The second-order valence-electron chi connectivity index (χ2n) is 23.3. The van der Waals surface area contributed by atoms with Crippen LogP contribution in [0.25, 0.3) is 171 Å². The van der Waals surface area contributed by atoms with Crippen LogP contribution in [0.4, 0.5) is 0 Å². The Bertz CT molecular complexity index is 5960. The Kier molecular flexibility index (Phi) is 13.7. The van der Waals surface area contributed by atoms with Gasteiger partial charge in [0.2, 0.25) is 0 Å². The van der Waals surface area contributed by atoms with Gasteiger partial charge in [0.1, 0.15) is 0 Å². The average molecular weight is 1460 g/mol. The summed E-state index contributed by atoms with van der Waals surface area (Å²) in [5.74, 6) is 0. The van der Waals surface area contributed by atoms with E-state index in [0.29, 0.717) is 0 Å². The van der Waals surface area contributed by atoms with Gasteiger partial charge in [0.15, 0.2) is 0 Å². The fraction of sp³-hybridized carbons (Fsp3) is 0. The number of hydrogen-bond donors (Lipinski definition) is 1. The molecule has 0 fully saturated rings. The summed E-state index contributed by atoms with van der Waals surface area (Å²) in [7, 11) is 0. The predicted octanol–water partition coefficient (Wildman–Crippen LogP) is 26.4. The minimum Gasteiger partial charge on any atom is -0.354 e. The third kappa shape index (κ3) is 9.12. The van der Waals surface area contributed by atoms with Crippen LogP contribution in [-0.4, -0.2) is 14.1 Å². The van der Waals surface area contributed by atoms with Crippen LogP contribution in [0.1, 0.15) is 1.43 Å². The van der Waals surface area contributed by atoms with Crippen LogP contribution in [0.15, 0.2) is 303 Å². The molecule has 0 radical (unpaired) electrons. The van der Waals surface area contributed by atoms with Crippen molar-refractivity contribution in [2.45, 2.75) is 0 Å². The second-order valence-corrected chi connectivity index (χ2v) is 29.0. The van der Waals surface area contributed by atoms with E-state index in [0.717, 1.165) is 11.4 Å². The molecule has 6 heterocycles. The van der Waals surface area contributed by atoms with E-state index < -0.39 is 0 Å². The van der Waals surface area contributed by atoms with Gasteiger partial charge in [0.25, 0.3) is 0 Å². The number of fused-ring (bicyclic) bond motifs is 18. The lowest BCUT2D eigenvalue weighted by Crippen LogP contribution is -1.98. The highest BCUT2D eigenvalue weighted by Crippen LogP contribution is 2.48. The topological polar surface area (TPSA) is 25.6 Å². The number of hydrogen-bond acceptors (Lipinski definition) is 3. The highest BCUT2D eigenvalue weighted by molar-refractivity contribution is 14.1. The van der Waals surface area contributed by atoms with Crippen LogP contribution in [0, 0.1) is 7.14 Å². The molecule has 0 aliphatic heterocycles. The van der Waals surface area contributed by atoms with Gasteiger partial charge >= 0.3 is 0 Å². The van der Waals surface area contributed by atoms with Crippen molar-refractivity contribution in [2.24, 2.45) is 0 Å². The molecular formula is C84H53I2N3S3. The lowest BCUT2D eigenvalue weighted by molar-refractivity contribution is 1.13. The number of benzene rings is 14. The van der Waals surface area contributed by atoms with Crippen LogP contribution < -0.4 is 0 Å². The van der Waals surface area contributed by atoms with Crippen molar-refractivity contribution in [1.82, 2.24) is 14.1 Å². The van der Waals surface area contributed by atoms with E-state index in [2.05, 4.69) is 363 Å². The molecule has 0 aliphatic carbocycles. The normalized spacial score (nSPS) is 11.8. The van der Waals surface area contributed by atoms with Gasteiger partial charge in [0.05, 0.1) is 22.1 Å². The first-order chi connectivity index (χ1) is 45.5. The summed E-state index contributed by atoms with van der Waals surface area (Å²) >= 11 is 10.2. The molecule has 0 spiro atoms. The predicted molar refractivity (Wildman–Crippen MR) is 420 cm³/mol. The number of rotatable bonds is 5. The Labute approximate surface area is 570 Å². The maximum absolute atomic E-state index is 3.57. The van der Waals surface area contributed by atoms with Crippen molar-refractivity contribution >= 4 is 205 Å². The molecule has 0 bridgehead atoms. The zero-order chi connectivity index (χ0) is 61.0. The van der Waals surface area contributed by atoms with Crippen molar-refractivity contribution in [3.05, 3.63) is 310 Å². The number of para-hydroxylation sites is 3. The maximum atomic E-state index is 3.57. The first-order valence-corrected chi connectivity index (χ1v) is 35.4. The molecule has 14 aromatic carbocycles. The molecule has 0 saturated heterocycles. The van der Waals surface area contributed by atoms with Crippen molar-refractivity contribution in [1.29, 1.82) is 0 Å². The molecule has 0 unspecified atom stereocenters. The van der Waals surface area contributed by atoms with Crippen LogP contribution in [0.3, 0.4) is 0 Å². The molecule has 8 heteroatoms. The summed E-state index contributed by atoms with van der Waals surface area (Å²) in [5.41, 5.74) is 17.2. The second kappa shape index (κ2) is 22.8. The molecular weight excluding hydrogens is 1400 g/mol. The number of aromatic nitrogens is 3. The molecule has 6 aromatic heterocycles. The van der Waals surface area contributed by atoms with E-state index in [1.54, 1.807) is 0 Å². The number of H-pyrrole nitrogens is 1. The summed E-state index contributed by atoms with van der Waals surface area (Å²) in [5, 5.41) is 15.7. The lowest BCUT2D eigenvalue weighted by Gasteiger charge is -2.13. The number of halogens is 2. The van der Waals surface area contributed by atoms with E-state index in [1.807, 2.05) is 34.0 Å². The Balaban J connectivity index is 0.000000155. The Morgan fingerprint density at radius 3 is 1.00 bits per heavy atom. The largest absolute Gasteiger partial charge is 0.354 e. The van der Waals surface area contributed by atoms with E-state index in [9.17, 15) is 0 Å². The van der Waals surface area contributed by atoms with Crippen LogP contribution in [0.5, 0.6) is 0 Å². The van der Waals surface area contributed by atoms with Gasteiger partial charge in [0, 0.05) is 124 Å². The average Bonchev–Trinajstić information content (AvgIpc) is 1.59. The molecule has 92 heavy (non-hydrogen) atoms. The van der Waals surface area contributed by atoms with Crippen LogP contribution in [0.2, 0.25) is 0 Å². The van der Waals surface area contributed by atoms with Crippen molar-refractivity contribution in [3.8, 4) is 44.8 Å². The van der Waals surface area contributed by atoms with Gasteiger partial charge in [-0.25, -0.2) is 0 Å². The lowest BCUT2D eigenvalue weighted by atomic mass is 9.95. The van der Waals surface area contributed by atoms with E-state index in [-0.39, 0.29) is 1.43 Å². The van der Waals surface area contributed by atoms with Crippen molar-refractivity contribution in [2.75, 3.05) is 0 Å². The maximum Gasteiger partial charge on any atom is 0.0547 e. The third-order valence-corrected chi connectivity index (χ3v) is 22.9. The zero-order valence-corrected chi connectivity index (χ0v) is 56.0. The van der Waals surface area contributed by atoms with E-state index >= 15 is 0 Å². The highest BCUT2D eigenvalue weighted by atomic mass is 127. The van der Waals surface area contributed by atoms with Crippen molar-refractivity contribution < 1.29 is 1.43 Å². The first kappa shape index (κ1) is 55.4. The summed E-state index contributed by atoms with van der Waals surface area (Å²) in [6.45, 7) is 0. The molecule has 0 atom stereocenters. The quantitative estimate of drug-likeness (QED) is 0.166. The van der Waals surface area contributed by atoms with Crippen molar-refractivity contribution in [3.63, 3.8) is 0 Å². The Morgan fingerprint density at radius 2 is 0.554 bits per heavy atom. The van der Waals surface area contributed by atoms with Gasteiger partial charge in [-0.1, -0.05) is 194 Å². The monoisotopic (exact) mass is 1450 g/mol. The molecule has 3 nitrogen and oxygen atoms in total. The fourth-order valence-corrected chi connectivity index (χ4v) is 19.5. The molecule has 20 aromatic rings. The number of thiophene rings is 3. The Hall–Kier alpha value is -9.40. The van der Waals surface area contributed by atoms with Gasteiger partial charge < -0.3 is 14.1 Å². The summed E-state index contributed by atoms with van der Waals surface area (Å²) in [6.07, 6.45) is 0. The standard InChI is InChI=1S/C54H32N2S2.C24H15NS.C6H4I2.H2/c1-5-24-43-39(16-1)51-35(37-22-12-30-49-53(37)41-18-3-7-28-47(41)57-49)20-10-26-45(51)55(43)33-14-9-15-34(32-33)56-44-25-6-2-17-40(44)52-36(21-11-27-46(52)56)38-23-13-31-50-54(38)42-19-4-8-29-48(42)58-50;1-3-11-19-17(7-1)23-15(9-5-12-20(23)25-19)16-10-6-14-22-24(16)18-8-2-4-13-21(18)26-22;7-5-2-1-3-6(8)4-5;/h1-32H;1-14,25H;1-4H;1H/i;;;1+1. The van der Waals surface area contributed by atoms with Gasteiger partial charge in [-0.3, -0.25) is 0 Å². The first-order valence-electron chi connectivity index (χ1n) is 30.8. The molecule has 436 valence electrons. The highest BCUT2D eigenvalue weighted by Gasteiger charge is 2.23. The number of nitrogens with zero attached hydrogens (tertiary/aromatic N) is 2. The molecule has 0 amide bonds. The van der Waals surface area contributed by atoms with E-state index in [4.69, 9.17) is 0 Å². The SMILES string of the molecule is Ic1cccc(I)c1.[2HH].c1cc(-n2c3ccccc3c3c(-c4cccc5sc6ccccc6c45)cccc32)cc(-n2c3ccccc3c3c(-c4cccc5sc6ccccc6c45)cccc32)c1.c1ccc2c(c1)[nH]c1cccc(-c3cccc4sc5ccccc5c34)c12. The zero-order valence-electron chi connectivity index (χ0n) is 49.2. The third-order valence-electron chi connectivity index (χ3n) is 18.1. The van der Waals surface area contributed by atoms with Crippen LogP contribution >= 0.6 is 79.2 Å². The van der Waals surface area contributed by atoms with Gasteiger partial charge in [-0.05, 0) is 188 Å². The minimum absolute atomic E-state index is 0. The number of nitrogens with one attached hydrogen (secondary N) is 1. The number of aromatic amines is 1. The summed E-state index contributed by atoms with van der Waals surface area (Å²) in [4.78, 5) is 3.57. The minimum atomic E-state index is 0. The molecule has 0 aliphatic rings. The summed E-state index contributed by atoms with van der Waals surface area (Å²) < 4.78 is 15.5. The molecule has 1 N–H and O–H groups in total. The van der Waals surface area contributed by atoms with E-state index in [1.165, 1.54) is 166 Å². The molecule has 0 saturated carbocycles. The van der Waals surface area contributed by atoms with Gasteiger partial charge in [-0.2, -0.15) is 0 Å². The fourth-order valence-electron chi connectivity index (χ4n) is 14.4. The summed E-state index contributed by atoms with van der Waals surface area (Å²) in [6, 6.07) is 111. The smallest absolute Gasteiger partial charge is 0.0547 e. The Morgan fingerprint density at radius 1 is 0.239 bits per heavy atom. The van der Waals surface area contributed by atoms with Crippen LogP contribution in [-0.2, 0) is 0 Å². The van der Waals surface area contributed by atoms with Gasteiger partial charge in [-0.15, -0.1) is 34.0 Å². The molecule has 20 rings (SSSR count).